The Morgan fingerprint density at radius 2 is 2.22 bits per heavy atom. The number of carboxylic acid groups (broad SMARTS) is 1. The van der Waals surface area contributed by atoms with E-state index in [1.54, 1.807) is 13.8 Å². The maximum absolute atomic E-state index is 10.7. The third-order valence-corrected chi connectivity index (χ3v) is 2.39. The van der Waals surface area contributed by atoms with Crippen LogP contribution in [-0.4, -0.2) is 21.2 Å². The average Bonchev–Trinajstić information content (AvgIpc) is 2.87. The van der Waals surface area contributed by atoms with Gasteiger partial charge in [0.15, 0.2) is 5.82 Å². The molecule has 7 heteroatoms. The Bertz CT molecular complexity index is 558. The molecule has 0 spiro atoms. The molecule has 7 nitrogen and oxygen atoms in total. The topological polar surface area (TPSA) is 101 Å². The highest BCUT2D eigenvalue weighted by atomic mass is 16.5. The molecule has 0 fully saturated rings. The summed E-state index contributed by atoms with van der Waals surface area (Å²) in [5, 5.41) is 15.5. The summed E-state index contributed by atoms with van der Waals surface area (Å²) in [4.78, 5) is 14.8. The van der Waals surface area contributed by atoms with E-state index in [4.69, 9.17) is 14.0 Å². The molecule has 0 unspecified atom stereocenters. The van der Waals surface area contributed by atoms with Gasteiger partial charge in [0.2, 0.25) is 11.7 Å². The Morgan fingerprint density at radius 3 is 2.78 bits per heavy atom. The summed E-state index contributed by atoms with van der Waals surface area (Å²) < 4.78 is 10.0. The van der Waals surface area contributed by atoms with E-state index in [1.165, 1.54) is 6.07 Å². The fourth-order valence-corrected chi connectivity index (χ4v) is 1.52. The van der Waals surface area contributed by atoms with Crippen molar-refractivity contribution in [1.82, 2.24) is 15.5 Å². The maximum Gasteiger partial charge on any atom is 0.371 e. The van der Waals surface area contributed by atoms with Gasteiger partial charge < -0.3 is 19.4 Å². The molecule has 0 aliphatic carbocycles. The Hall–Kier alpha value is -2.15. The highest BCUT2D eigenvalue weighted by Gasteiger charge is 2.12. The van der Waals surface area contributed by atoms with E-state index in [9.17, 15) is 4.79 Å². The molecule has 0 aliphatic heterocycles. The molecule has 0 amide bonds. The van der Waals surface area contributed by atoms with Crippen LogP contribution in [0.4, 0.5) is 0 Å². The summed E-state index contributed by atoms with van der Waals surface area (Å²) in [6.45, 7) is 4.37. The van der Waals surface area contributed by atoms with Crippen molar-refractivity contribution in [3.05, 3.63) is 34.9 Å². The summed E-state index contributed by atoms with van der Waals surface area (Å²) in [6.07, 6.45) is 0. The normalized spacial score (nSPS) is 10.8. The zero-order chi connectivity index (χ0) is 13.1. The lowest BCUT2D eigenvalue weighted by Gasteiger charge is -1.99. The third-order valence-electron chi connectivity index (χ3n) is 2.39. The first-order valence-electron chi connectivity index (χ1n) is 5.39. The fourth-order valence-electron chi connectivity index (χ4n) is 1.52. The standard InChI is InChI=1S/C11H13N3O4/c1-6-8(3-9(17-6)11(15)16)4-12-5-10-13-7(2)14-18-10/h3,12H,4-5H2,1-2H3,(H,15,16). The van der Waals surface area contributed by atoms with Crippen LogP contribution in [0, 0.1) is 13.8 Å². The molecule has 2 heterocycles. The van der Waals surface area contributed by atoms with Crippen molar-refractivity contribution in [2.24, 2.45) is 0 Å². The molecule has 2 rings (SSSR count). The van der Waals surface area contributed by atoms with Crippen molar-refractivity contribution in [2.45, 2.75) is 26.9 Å². The number of furan rings is 1. The summed E-state index contributed by atoms with van der Waals surface area (Å²) in [5.41, 5.74) is 0.795. The Labute approximate surface area is 103 Å². The lowest BCUT2D eigenvalue weighted by atomic mass is 10.2. The van der Waals surface area contributed by atoms with Crippen LogP contribution in [-0.2, 0) is 13.1 Å². The zero-order valence-electron chi connectivity index (χ0n) is 10.1. The molecule has 0 saturated heterocycles. The second-order valence-corrected chi connectivity index (χ2v) is 3.84. The SMILES string of the molecule is Cc1noc(CNCc2cc(C(=O)O)oc2C)n1. The molecule has 0 saturated carbocycles. The van der Waals surface area contributed by atoms with Gasteiger partial charge in [0.25, 0.3) is 0 Å². The highest BCUT2D eigenvalue weighted by Crippen LogP contribution is 2.14. The number of rotatable bonds is 5. The molecular weight excluding hydrogens is 238 g/mol. The van der Waals surface area contributed by atoms with E-state index in [0.717, 1.165) is 5.56 Å². The fraction of sp³-hybridized carbons (Fsp3) is 0.364. The molecular formula is C11H13N3O4. The number of aryl methyl sites for hydroxylation is 2. The van der Waals surface area contributed by atoms with Gasteiger partial charge in [-0.1, -0.05) is 5.16 Å². The Morgan fingerprint density at radius 1 is 1.44 bits per heavy atom. The summed E-state index contributed by atoms with van der Waals surface area (Å²) in [5.74, 6) is 0.531. The lowest BCUT2D eigenvalue weighted by molar-refractivity contribution is 0.0661. The summed E-state index contributed by atoms with van der Waals surface area (Å²) in [7, 11) is 0. The number of carbonyl (C=O) groups is 1. The van der Waals surface area contributed by atoms with Gasteiger partial charge in [0.05, 0.1) is 6.54 Å². The van der Waals surface area contributed by atoms with Crippen LogP contribution in [0.3, 0.4) is 0 Å². The number of hydrogen-bond donors (Lipinski definition) is 2. The van der Waals surface area contributed by atoms with E-state index in [-0.39, 0.29) is 5.76 Å². The smallest absolute Gasteiger partial charge is 0.371 e. The van der Waals surface area contributed by atoms with Gasteiger partial charge in [-0.05, 0) is 19.9 Å². The predicted octanol–water partition coefficient (Wildman–Crippen LogP) is 1.27. The Kier molecular flexibility index (Phi) is 3.42. The minimum atomic E-state index is -1.07. The minimum Gasteiger partial charge on any atom is -0.475 e. The van der Waals surface area contributed by atoms with Crippen LogP contribution in [0.25, 0.3) is 0 Å². The largest absolute Gasteiger partial charge is 0.475 e. The van der Waals surface area contributed by atoms with Gasteiger partial charge >= 0.3 is 5.97 Å². The van der Waals surface area contributed by atoms with Crippen LogP contribution in [0.5, 0.6) is 0 Å². The molecule has 0 bridgehead atoms. The van der Waals surface area contributed by atoms with Crippen molar-refractivity contribution < 1.29 is 18.8 Å². The molecule has 18 heavy (non-hydrogen) atoms. The van der Waals surface area contributed by atoms with Crippen molar-refractivity contribution in [3.8, 4) is 0 Å². The molecule has 0 radical (unpaired) electrons. The average molecular weight is 251 g/mol. The Balaban J connectivity index is 1.92. The number of carboxylic acids is 1. The second kappa shape index (κ2) is 5.01. The first kappa shape index (κ1) is 12.3. The van der Waals surface area contributed by atoms with Gasteiger partial charge in [-0.15, -0.1) is 0 Å². The molecule has 0 atom stereocenters. The molecule has 2 N–H and O–H groups in total. The van der Waals surface area contributed by atoms with Crippen molar-refractivity contribution >= 4 is 5.97 Å². The molecule has 0 aliphatic rings. The number of aromatic carboxylic acids is 1. The van der Waals surface area contributed by atoms with E-state index >= 15 is 0 Å². The van der Waals surface area contributed by atoms with Gasteiger partial charge in [-0.2, -0.15) is 4.98 Å². The predicted molar refractivity (Wildman–Crippen MR) is 60.0 cm³/mol. The van der Waals surface area contributed by atoms with Crippen LogP contribution >= 0.6 is 0 Å². The van der Waals surface area contributed by atoms with Crippen LogP contribution < -0.4 is 5.32 Å². The van der Waals surface area contributed by atoms with Crippen LogP contribution in [0.15, 0.2) is 15.0 Å². The van der Waals surface area contributed by atoms with Gasteiger partial charge in [-0.3, -0.25) is 0 Å². The second-order valence-electron chi connectivity index (χ2n) is 3.84. The molecule has 96 valence electrons. The third kappa shape index (κ3) is 2.75. The molecule has 2 aromatic rings. The molecule has 2 aromatic heterocycles. The maximum atomic E-state index is 10.7. The summed E-state index contributed by atoms with van der Waals surface area (Å²) in [6, 6.07) is 1.50. The number of aromatic nitrogens is 2. The van der Waals surface area contributed by atoms with Crippen molar-refractivity contribution in [2.75, 3.05) is 0 Å². The van der Waals surface area contributed by atoms with E-state index in [1.807, 2.05) is 0 Å². The first-order chi connectivity index (χ1) is 8.56. The first-order valence-corrected chi connectivity index (χ1v) is 5.39. The zero-order valence-corrected chi connectivity index (χ0v) is 10.1. The molecule has 0 aromatic carbocycles. The lowest BCUT2D eigenvalue weighted by Crippen LogP contribution is -2.13. The van der Waals surface area contributed by atoms with Crippen LogP contribution in [0.2, 0.25) is 0 Å². The van der Waals surface area contributed by atoms with Crippen molar-refractivity contribution in [3.63, 3.8) is 0 Å². The highest BCUT2D eigenvalue weighted by molar-refractivity contribution is 5.84. The minimum absolute atomic E-state index is 0.0575. The number of nitrogens with zero attached hydrogens (tertiary/aromatic N) is 2. The van der Waals surface area contributed by atoms with E-state index in [0.29, 0.717) is 30.6 Å². The van der Waals surface area contributed by atoms with E-state index in [2.05, 4.69) is 15.5 Å². The van der Waals surface area contributed by atoms with E-state index < -0.39 is 5.97 Å². The quantitative estimate of drug-likeness (QED) is 0.824. The van der Waals surface area contributed by atoms with Crippen LogP contribution in [0.1, 0.15) is 33.6 Å². The summed E-state index contributed by atoms with van der Waals surface area (Å²) >= 11 is 0. The van der Waals surface area contributed by atoms with Crippen molar-refractivity contribution in [1.29, 1.82) is 0 Å². The van der Waals surface area contributed by atoms with Gasteiger partial charge in [-0.25, -0.2) is 4.79 Å². The van der Waals surface area contributed by atoms with Gasteiger partial charge in [0.1, 0.15) is 5.76 Å². The van der Waals surface area contributed by atoms with Gasteiger partial charge in [0, 0.05) is 12.1 Å². The number of nitrogens with one attached hydrogen (secondary N) is 1. The monoisotopic (exact) mass is 251 g/mol. The number of hydrogen-bond acceptors (Lipinski definition) is 6.